The van der Waals surface area contributed by atoms with Crippen LogP contribution in [0.15, 0.2) is 60.7 Å². The molecule has 0 aliphatic carbocycles. The van der Waals surface area contributed by atoms with E-state index in [4.69, 9.17) is 0 Å². The molecule has 8 heteroatoms. The van der Waals surface area contributed by atoms with Crippen LogP contribution in [-0.4, -0.2) is 23.7 Å². The molecule has 0 aromatic heterocycles. The van der Waals surface area contributed by atoms with Crippen molar-refractivity contribution in [2.24, 2.45) is 0 Å². The summed E-state index contributed by atoms with van der Waals surface area (Å²) in [7, 11) is -7.65. The van der Waals surface area contributed by atoms with Crippen LogP contribution in [0, 0.1) is 0 Å². The molecule has 0 fully saturated rings. The lowest BCUT2D eigenvalue weighted by Crippen LogP contribution is -2.32. The van der Waals surface area contributed by atoms with Crippen molar-refractivity contribution in [3.8, 4) is 0 Å². The molecule has 2 aromatic rings. The number of benzene rings is 2. The Hall–Kier alpha value is -1.64. The van der Waals surface area contributed by atoms with Crippen molar-refractivity contribution < 1.29 is 25.5 Å². The number of rotatable bonds is 6. The smallest absolute Gasteiger partial charge is 0.315 e. The largest absolute Gasteiger partial charge is 0.522 e. The van der Waals surface area contributed by atoms with Gasteiger partial charge in [-0.3, -0.25) is 0 Å². The molecule has 0 amide bonds. The molecule has 2 aromatic carbocycles. The van der Waals surface area contributed by atoms with Crippen LogP contribution in [0.5, 0.6) is 0 Å². The van der Waals surface area contributed by atoms with E-state index in [1.807, 2.05) is 60.7 Å². The highest BCUT2D eigenvalue weighted by molar-refractivity contribution is 7.88. The van der Waals surface area contributed by atoms with Crippen LogP contribution < -0.4 is 0 Å². The van der Waals surface area contributed by atoms with Crippen molar-refractivity contribution in [1.29, 1.82) is 0 Å². The normalized spacial score (nSPS) is 13.7. The number of hydrogen-bond donors (Lipinski definition) is 0. The molecule has 2 rings (SSSR count). The van der Waals surface area contributed by atoms with E-state index in [0.29, 0.717) is 0 Å². The quantitative estimate of drug-likeness (QED) is 0.556. The molecule has 3 nitrogen and oxygen atoms in total. The second-order valence-electron chi connectivity index (χ2n) is 6.41. The fourth-order valence-electron chi connectivity index (χ4n) is 2.77. The first-order valence-electron chi connectivity index (χ1n) is 7.60. The van der Waals surface area contributed by atoms with E-state index in [-0.39, 0.29) is 5.92 Å². The molecule has 0 unspecified atom stereocenters. The van der Waals surface area contributed by atoms with Gasteiger partial charge in [0.05, 0.1) is 0 Å². The Balaban J connectivity index is 2.37. The minimum absolute atomic E-state index is 0.273. The van der Waals surface area contributed by atoms with Gasteiger partial charge in [-0.2, -0.15) is 21.6 Å². The van der Waals surface area contributed by atoms with Crippen molar-refractivity contribution >= 4 is 19.9 Å². The molecule has 136 valence electrons. The fourth-order valence-corrected chi connectivity index (χ4v) is 5.77. The summed E-state index contributed by atoms with van der Waals surface area (Å²) >= 11 is 0. The van der Waals surface area contributed by atoms with Crippen molar-refractivity contribution in [2.45, 2.75) is 30.3 Å². The molecule has 0 spiro atoms. The van der Waals surface area contributed by atoms with Gasteiger partial charge < -0.3 is 3.87 Å². The Morgan fingerprint density at radius 1 is 0.880 bits per heavy atom. The van der Waals surface area contributed by atoms with Crippen molar-refractivity contribution in [3.05, 3.63) is 71.8 Å². The predicted octanol–water partition coefficient (Wildman–Crippen LogP) is 3.97. The van der Waals surface area contributed by atoms with Gasteiger partial charge in [-0.25, -0.2) is 0 Å². The van der Waals surface area contributed by atoms with Crippen LogP contribution in [-0.2, 0) is 14.0 Å². The van der Waals surface area contributed by atoms with E-state index in [0.717, 1.165) is 11.1 Å². The van der Waals surface area contributed by atoms with Gasteiger partial charge in [0.25, 0.3) is 0 Å². The van der Waals surface area contributed by atoms with Gasteiger partial charge in [-0.05, 0) is 16.2 Å². The highest BCUT2D eigenvalue weighted by Gasteiger charge is 2.48. The summed E-state index contributed by atoms with van der Waals surface area (Å²) in [5.41, 5.74) is -3.59. The number of halogens is 3. The number of alkyl halides is 3. The van der Waals surface area contributed by atoms with Crippen LogP contribution in [0.25, 0.3) is 0 Å². The van der Waals surface area contributed by atoms with Crippen LogP contribution in [0.2, 0.25) is 5.04 Å². The topological polar surface area (TPSA) is 43.4 Å². The first-order chi connectivity index (χ1) is 11.5. The Bertz CT molecular complexity index is 751. The average Bonchev–Trinajstić information content (AvgIpc) is 2.54. The summed E-state index contributed by atoms with van der Waals surface area (Å²) < 4.78 is 64.7. The Kier molecular flexibility index (Phi) is 5.75. The van der Waals surface area contributed by atoms with E-state index >= 15 is 0 Å². The van der Waals surface area contributed by atoms with E-state index in [1.54, 1.807) is 13.8 Å². The summed E-state index contributed by atoms with van der Waals surface area (Å²) in [5, 5.41) is -0.763. The Labute approximate surface area is 147 Å². The standard InChI is InChI=1S/C17H19F3O3SSi/c1-16(2,25-23-24(21,22)17(18,19)20)15(13-9-5-3-6-10-13)14-11-7-4-8-12-14/h3-12,15H,25H2,1-2H3. The molecular formula is C17H19F3O3SSi. The van der Waals surface area contributed by atoms with Gasteiger partial charge >= 0.3 is 15.6 Å². The minimum atomic E-state index is -5.57. The van der Waals surface area contributed by atoms with Crippen molar-refractivity contribution in [2.75, 3.05) is 0 Å². The maximum atomic E-state index is 12.6. The third-order valence-corrected chi connectivity index (χ3v) is 7.35. The van der Waals surface area contributed by atoms with Crippen molar-refractivity contribution in [1.82, 2.24) is 0 Å². The summed E-state index contributed by atoms with van der Waals surface area (Å²) in [6.07, 6.45) is 0. The zero-order chi connectivity index (χ0) is 18.7. The van der Waals surface area contributed by atoms with Crippen LogP contribution in [0.1, 0.15) is 30.9 Å². The number of hydrogen-bond acceptors (Lipinski definition) is 3. The third-order valence-electron chi connectivity index (χ3n) is 3.92. The van der Waals surface area contributed by atoms with Gasteiger partial charge in [0.15, 0.2) is 9.76 Å². The SMILES string of the molecule is CC(C)([SiH2]OS(=O)(=O)C(F)(F)F)C(c1ccccc1)c1ccccc1. The zero-order valence-electron chi connectivity index (χ0n) is 13.8. The first kappa shape index (κ1) is 19.7. The third kappa shape index (κ3) is 4.71. The lowest BCUT2D eigenvalue weighted by molar-refractivity contribution is -0.0500. The van der Waals surface area contributed by atoms with E-state index < -0.39 is 30.4 Å². The van der Waals surface area contributed by atoms with Gasteiger partial charge in [-0.15, -0.1) is 0 Å². The van der Waals surface area contributed by atoms with Gasteiger partial charge in [0.2, 0.25) is 0 Å². The molecule has 0 radical (unpaired) electrons. The summed E-state index contributed by atoms with van der Waals surface area (Å²) in [5.74, 6) is -0.273. The fraction of sp³-hybridized carbons (Fsp3) is 0.294. The van der Waals surface area contributed by atoms with Crippen LogP contribution in [0.3, 0.4) is 0 Å². The molecule has 0 aliphatic heterocycles. The summed E-state index contributed by atoms with van der Waals surface area (Å²) in [6, 6.07) is 18.6. The van der Waals surface area contributed by atoms with E-state index in [2.05, 4.69) is 3.87 Å². The maximum Gasteiger partial charge on any atom is 0.522 e. The first-order valence-corrected chi connectivity index (χ1v) is 10.3. The maximum absolute atomic E-state index is 12.6. The molecule has 0 heterocycles. The molecule has 0 atom stereocenters. The highest BCUT2D eigenvalue weighted by Crippen LogP contribution is 2.46. The molecule has 0 saturated heterocycles. The van der Waals surface area contributed by atoms with Crippen LogP contribution in [0.4, 0.5) is 13.2 Å². The molecule has 0 saturated carbocycles. The van der Waals surface area contributed by atoms with Gasteiger partial charge in [0, 0.05) is 5.92 Å². The molecular weight excluding hydrogens is 369 g/mol. The minimum Gasteiger partial charge on any atom is -0.315 e. The highest BCUT2D eigenvalue weighted by atomic mass is 32.2. The summed E-state index contributed by atoms with van der Waals surface area (Å²) in [6.45, 7) is 3.49. The van der Waals surface area contributed by atoms with Crippen molar-refractivity contribution in [3.63, 3.8) is 0 Å². The molecule has 0 N–H and O–H groups in total. The van der Waals surface area contributed by atoms with Gasteiger partial charge in [-0.1, -0.05) is 74.5 Å². The zero-order valence-corrected chi connectivity index (χ0v) is 16.1. The average molecular weight is 388 g/mol. The second kappa shape index (κ2) is 7.31. The molecule has 25 heavy (non-hydrogen) atoms. The Morgan fingerprint density at radius 2 is 1.28 bits per heavy atom. The lowest BCUT2D eigenvalue weighted by Gasteiger charge is -2.34. The monoisotopic (exact) mass is 388 g/mol. The molecule has 0 bridgehead atoms. The molecule has 0 aliphatic rings. The van der Waals surface area contributed by atoms with Gasteiger partial charge in [0.1, 0.15) is 0 Å². The lowest BCUT2D eigenvalue weighted by atomic mass is 9.82. The van der Waals surface area contributed by atoms with E-state index in [1.165, 1.54) is 0 Å². The Morgan fingerprint density at radius 3 is 1.64 bits per heavy atom. The summed E-state index contributed by atoms with van der Waals surface area (Å²) in [4.78, 5) is 0. The second-order valence-corrected chi connectivity index (χ2v) is 10.8. The predicted molar refractivity (Wildman–Crippen MR) is 93.4 cm³/mol. The van der Waals surface area contributed by atoms with Crippen LogP contribution >= 0.6 is 0 Å². The van der Waals surface area contributed by atoms with E-state index in [9.17, 15) is 21.6 Å².